The van der Waals surface area contributed by atoms with E-state index in [1.54, 1.807) is 0 Å². The van der Waals surface area contributed by atoms with Gasteiger partial charge in [0, 0.05) is 0 Å². The Balaban J connectivity index is 3.10. The second-order valence-electron chi connectivity index (χ2n) is 4.42. The highest BCUT2D eigenvalue weighted by Gasteiger charge is 2.48. The zero-order chi connectivity index (χ0) is 17.1. The van der Waals surface area contributed by atoms with Crippen molar-refractivity contribution in [2.45, 2.75) is 18.9 Å². The molecule has 1 aromatic carbocycles. The Labute approximate surface area is 123 Å². The lowest BCUT2D eigenvalue weighted by atomic mass is 9.99. The topological polar surface area (TPSA) is 97.7 Å². The van der Waals surface area contributed by atoms with Crippen molar-refractivity contribution >= 4 is 22.4 Å². The molecule has 0 saturated heterocycles. The van der Waals surface area contributed by atoms with Crippen LogP contribution >= 0.6 is 0 Å². The fourth-order valence-electron chi connectivity index (χ4n) is 1.50. The van der Waals surface area contributed by atoms with Crippen molar-refractivity contribution in [2.24, 2.45) is 5.92 Å². The van der Waals surface area contributed by atoms with E-state index in [0.717, 1.165) is 12.1 Å². The zero-order valence-electron chi connectivity index (χ0n) is 11.1. The highest BCUT2D eigenvalue weighted by molar-refractivity contribution is 7.88. The summed E-state index contributed by atoms with van der Waals surface area (Å²) < 4.78 is 62.4. The van der Waals surface area contributed by atoms with E-state index in [1.807, 2.05) is 0 Å². The monoisotopic (exact) mass is 340 g/mol. The Morgan fingerprint density at radius 1 is 1.41 bits per heavy atom. The molecule has 1 unspecified atom stereocenters. The summed E-state index contributed by atoms with van der Waals surface area (Å²) in [6.07, 6.45) is 0.138. The molecule has 6 nitrogen and oxygen atoms in total. The van der Waals surface area contributed by atoms with E-state index in [2.05, 4.69) is 4.18 Å². The zero-order valence-corrected chi connectivity index (χ0v) is 11.9. The van der Waals surface area contributed by atoms with E-state index in [1.165, 1.54) is 13.0 Å². The third-order valence-corrected chi connectivity index (χ3v) is 3.61. The second kappa shape index (κ2) is 6.34. The number of rotatable bonds is 6. The summed E-state index contributed by atoms with van der Waals surface area (Å²) in [5, 5.41) is 8.77. The minimum atomic E-state index is -5.89. The molecule has 0 saturated carbocycles. The number of hydrogen-bond donors (Lipinski definition) is 1. The van der Waals surface area contributed by atoms with Gasteiger partial charge in [0.1, 0.15) is 0 Å². The molecule has 0 fully saturated rings. The van der Waals surface area contributed by atoms with E-state index in [4.69, 9.17) is 5.11 Å². The van der Waals surface area contributed by atoms with Gasteiger partial charge in [-0.3, -0.25) is 9.59 Å². The fraction of sp³-hybridized carbons (Fsp3) is 0.333. The largest absolute Gasteiger partial charge is 0.534 e. The number of alkyl halides is 3. The van der Waals surface area contributed by atoms with Crippen LogP contribution in [0.1, 0.15) is 22.8 Å². The van der Waals surface area contributed by atoms with Gasteiger partial charge in [0.05, 0.1) is 11.5 Å². The van der Waals surface area contributed by atoms with Crippen LogP contribution in [0, 0.1) is 5.92 Å². The van der Waals surface area contributed by atoms with E-state index < -0.39 is 38.8 Å². The van der Waals surface area contributed by atoms with Crippen LogP contribution in [0.2, 0.25) is 0 Å². The Bertz CT molecular complexity index is 681. The van der Waals surface area contributed by atoms with Crippen LogP contribution in [0.3, 0.4) is 0 Å². The normalized spacial score (nSPS) is 13.5. The molecule has 0 bridgehead atoms. The number of aldehydes is 1. The molecule has 122 valence electrons. The summed E-state index contributed by atoms with van der Waals surface area (Å²) in [6, 6.07) is 3.14. The summed E-state index contributed by atoms with van der Waals surface area (Å²) in [5.41, 5.74) is -5.71. The van der Waals surface area contributed by atoms with Crippen LogP contribution in [0.5, 0.6) is 5.75 Å². The molecule has 0 aromatic heterocycles. The van der Waals surface area contributed by atoms with Crippen LogP contribution in [0.4, 0.5) is 13.2 Å². The van der Waals surface area contributed by atoms with Crippen molar-refractivity contribution in [1.29, 1.82) is 0 Å². The molecular weight excluding hydrogens is 329 g/mol. The molecule has 0 heterocycles. The molecule has 10 heteroatoms. The number of carbonyl (C=O) groups excluding carboxylic acids is 1. The quantitative estimate of drug-likeness (QED) is 0.483. The van der Waals surface area contributed by atoms with E-state index in [0.29, 0.717) is 5.56 Å². The summed E-state index contributed by atoms with van der Waals surface area (Å²) in [6.45, 7) is 1.40. The molecule has 0 aliphatic carbocycles. The van der Waals surface area contributed by atoms with E-state index in [-0.39, 0.29) is 12.7 Å². The van der Waals surface area contributed by atoms with Gasteiger partial charge >= 0.3 is 21.6 Å². The molecule has 22 heavy (non-hydrogen) atoms. The van der Waals surface area contributed by atoms with Gasteiger partial charge in [-0.15, -0.1) is 0 Å². The summed E-state index contributed by atoms with van der Waals surface area (Å²) in [4.78, 5) is 21.6. The van der Waals surface area contributed by atoms with E-state index in [9.17, 15) is 31.2 Å². The first-order valence-electron chi connectivity index (χ1n) is 5.79. The lowest BCUT2D eigenvalue weighted by Crippen LogP contribution is -2.28. The van der Waals surface area contributed by atoms with Gasteiger partial charge in [-0.05, 0) is 24.1 Å². The Hall–Kier alpha value is -2.10. The third kappa shape index (κ3) is 4.20. The Kier molecular flexibility index (Phi) is 5.17. The standard InChI is InChI=1S/C12H11F3O6S/c1-7(11(17)18)4-8-2-3-10(9(5-8)6-16)21-22(19,20)12(13,14)15/h2-3,5-7H,4H2,1H3,(H,17,18). The van der Waals surface area contributed by atoms with E-state index >= 15 is 0 Å². The number of benzene rings is 1. The summed E-state index contributed by atoms with van der Waals surface area (Å²) in [5.74, 6) is -2.66. The SMILES string of the molecule is CC(Cc1ccc(OS(=O)(=O)C(F)(F)F)c(C=O)c1)C(=O)O. The highest BCUT2D eigenvalue weighted by atomic mass is 32.2. The van der Waals surface area contributed by atoms with Crippen molar-refractivity contribution in [1.82, 2.24) is 0 Å². The molecule has 1 N–H and O–H groups in total. The molecular formula is C12H11F3O6S. The van der Waals surface area contributed by atoms with Crippen molar-refractivity contribution in [3.8, 4) is 5.75 Å². The van der Waals surface area contributed by atoms with Crippen molar-refractivity contribution in [3.63, 3.8) is 0 Å². The van der Waals surface area contributed by atoms with Crippen LogP contribution in [0.25, 0.3) is 0 Å². The number of halogens is 3. The van der Waals surface area contributed by atoms with Crippen LogP contribution in [0.15, 0.2) is 18.2 Å². The first-order valence-corrected chi connectivity index (χ1v) is 7.20. The molecule has 1 atom stereocenters. The number of hydrogen-bond acceptors (Lipinski definition) is 5. The van der Waals surface area contributed by atoms with Gasteiger partial charge in [0.2, 0.25) is 0 Å². The summed E-state index contributed by atoms with van der Waals surface area (Å²) >= 11 is 0. The lowest BCUT2D eigenvalue weighted by Gasteiger charge is -2.12. The predicted octanol–water partition coefficient (Wildman–Crippen LogP) is 1.99. The van der Waals surface area contributed by atoms with Gasteiger partial charge in [-0.25, -0.2) is 0 Å². The van der Waals surface area contributed by atoms with Gasteiger partial charge < -0.3 is 9.29 Å². The van der Waals surface area contributed by atoms with Gasteiger partial charge in [-0.2, -0.15) is 21.6 Å². The van der Waals surface area contributed by atoms with Crippen LogP contribution in [-0.4, -0.2) is 31.3 Å². The van der Waals surface area contributed by atoms with Crippen molar-refractivity contribution < 1.29 is 40.5 Å². The maximum Gasteiger partial charge on any atom is 0.534 e. The molecule has 0 amide bonds. The number of carbonyl (C=O) groups is 2. The minimum absolute atomic E-state index is 0.0163. The molecule has 0 aliphatic rings. The minimum Gasteiger partial charge on any atom is -0.481 e. The maximum atomic E-state index is 12.2. The van der Waals surface area contributed by atoms with Gasteiger partial charge in [0.15, 0.2) is 12.0 Å². The molecule has 0 spiro atoms. The highest BCUT2D eigenvalue weighted by Crippen LogP contribution is 2.29. The summed E-state index contributed by atoms with van der Waals surface area (Å²) in [7, 11) is -5.89. The van der Waals surface area contributed by atoms with Gasteiger partial charge in [-0.1, -0.05) is 13.0 Å². The molecule has 0 radical (unpaired) electrons. The number of carboxylic acids is 1. The number of carboxylic acid groups (broad SMARTS) is 1. The van der Waals surface area contributed by atoms with Crippen molar-refractivity contribution in [3.05, 3.63) is 29.3 Å². The Morgan fingerprint density at radius 3 is 2.45 bits per heavy atom. The first-order chi connectivity index (χ1) is 9.98. The fourth-order valence-corrected chi connectivity index (χ4v) is 1.98. The third-order valence-electron chi connectivity index (χ3n) is 2.65. The number of aliphatic carboxylic acids is 1. The second-order valence-corrected chi connectivity index (χ2v) is 5.95. The first kappa shape index (κ1) is 18.0. The molecule has 1 aromatic rings. The molecule has 0 aliphatic heterocycles. The lowest BCUT2D eigenvalue weighted by molar-refractivity contribution is -0.141. The molecule has 1 rings (SSSR count). The maximum absolute atomic E-state index is 12.2. The van der Waals surface area contributed by atoms with Gasteiger partial charge in [0.25, 0.3) is 0 Å². The Morgan fingerprint density at radius 2 is 2.00 bits per heavy atom. The predicted molar refractivity (Wildman–Crippen MR) is 67.9 cm³/mol. The average Bonchev–Trinajstić information content (AvgIpc) is 2.38. The average molecular weight is 340 g/mol. The van der Waals surface area contributed by atoms with Crippen LogP contribution < -0.4 is 4.18 Å². The van der Waals surface area contributed by atoms with Crippen molar-refractivity contribution in [2.75, 3.05) is 0 Å². The smallest absolute Gasteiger partial charge is 0.481 e. The van der Waals surface area contributed by atoms with Crippen LogP contribution in [-0.2, 0) is 21.3 Å².